The smallest absolute Gasteiger partial charge is 0.0105 e. The predicted octanol–water partition coefficient (Wildman–Crippen LogP) is 5.80. The largest absolute Gasteiger partial charge is 0.317 e. The van der Waals surface area contributed by atoms with Crippen LogP contribution in [0.15, 0.2) is 16.8 Å². The Kier molecular flexibility index (Phi) is 11.0. The second-order valence-corrected chi connectivity index (χ2v) is 6.72. The number of nitrogens with one attached hydrogen (secondary N) is 1. The lowest BCUT2D eigenvalue weighted by atomic mass is 10.0. The first-order valence-corrected chi connectivity index (χ1v) is 9.49. The van der Waals surface area contributed by atoms with Crippen LogP contribution in [0.2, 0.25) is 0 Å². The van der Waals surface area contributed by atoms with Gasteiger partial charge in [0.1, 0.15) is 0 Å². The molecule has 1 atom stereocenters. The van der Waals surface area contributed by atoms with Crippen LogP contribution in [0.1, 0.15) is 76.7 Å². The fourth-order valence-electron chi connectivity index (χ4n) is 2.74. The summed E-state index contributed by atoms with van der Waals surface area (Å²) in [7, 11) is 2.10. The average Bonchev–Trinajstić information content (AvgIpc) is 2.97. The van der Waals surface area contributed by atoms with Crippen LogP contribution < -0.4 is 5.32 Å². The topological polar surface area (TPSA) is 12.0 Å². The van der Waals surface area contributed by atoms with Gasteiger partial charge in [-0.2, -0.15) is 11.3 Å². The molecule has 0 saturated carbocycles. The first-order chi connectivity index (χ1) is 9.86. The molecule has 1 N–H and O–H groups in total. The number of hydrogen-bond donors (Lipinski definition) is 1. The second kappa shape index (κ2) is 12.4. The van der Waals surface area contributed by atoms with Gasteiger partial charge >= 0.3 is 0 Å². The molecule has 116 valence electrons. The van der Waals surface area contributed by atoms with Crippen molar-refractivity contribution >= 4 is 11.3 Å². The summed E-state index contributed by atoms with van der Waals surface area (Å²) in [5.74, 6) is 0. The van der Waals surface area contributed by atoms with Crippen LogP contribution in [-0.4, -0.2) is 13.1 Å². The van der Waals surface area contributed by atoms with Gasteiger partial charge in [-0.05, 0) is 42.3 Å². The van der Waals surface area contributed by atoms with E-state index in [1.807, 2.05) is 11.3 Å². The number of likely N-dealkylation sites (N-methyl/N-ethyl adjacent to an activating group) is 1. The minimum absolute atomic E-state index is 0.661. The molecule has 1 unspecified atom stereocenters. The zero-order chi connectivity index (χ0) is 14.5. The summed E-state index contributed by atoms with van der Waals surface area (Å²) in [4.78, 5) is 0. The Morgan fingerprint density at radius 1 is 1.00 bits per heavy atom. The number of unbranched alkanes of at least 4 members (excludes halogenated alkanes) is 8. The Hall–Kier alpha value is -0.340. The van der Waals surface area contributed by atoms with Gasteiger partial charge in [0, 0.05) is 6.04 Å². The number of hydrogen-bond acceptors (Lipinski definition) is 2. The van der Waals surface area contributed by atoms with E-state index in [9.17, 15) is 0 Å². The molecule has 0 aliphatic heterocycles. The molecular formula is C18H33NS. The van der Waals surface area contributed by atoms with Gasteiger partial charge in [-0.3, -0.25) is 0 Å². The lowest BCUT2D eigenvalue weighted by molar-refractivity contribution is 0.477. The van der Waals surface area contributed by atoms with Crippen molar-refractivity contribution in [3.05, 3.63) is 22.4 Å². The maximum absolute atomic E-state index is 3.47. The van der Waals surface area contributed by atoms with Crippen molar-refractivity contribution in [2.45, 2.75) is 83.6 Å². The molecule has 0 amide bonds. The molecule has 0 bridgehead atoms. The molecule has 0 radical (unpaired) electrons. The van der Waals surface area contributed by atoms with Crippen molar-refractivity contribution in [3.63, 3.8) is 0 Å². The Bertz CT molecular complexity index is 294. The Balaban J connectivity index is 1.93. The lowest BCUT2D eigenvalue weighted by Crippen LogP contribution is -2.27. The average molecular weight is 296 g/mol. The van der Waals surface area contributed by atoms with E-state index in [1.54, 1.807) is 0 Å². The van der Waals surface area contributed by atoms with Gasteiger partial charge < -0.3 is 5.32 Å². The summed E-state index contributed by atoms with van der Waals surface area (Å²) in [6.07, 6.45) is 15.3. The SMILES string of the molecule is CCCCCCCCCCCC(Cc1ccsc1)NC. The summed E-state index contributed by atoms with van der Waals surface area (Å²) in [6, 6.07) is 2.92. The van der Waals surface area contributed by atoms with Gasteiger partial charge in [0.25, 0.3) is 0 Å². The second-order valence-electron chi connectivity index (χ2n) is 5.94. The maximum Gasteiger partial charge on any atom is 0.0105 e. The molecule has 1 heterocycles. The first-order valence-electron chi connectivity index (χ1n) is 8.55. The standard InChI is InChI=1S/C18H33NS/c1-3-4-5-6-7-8-9-10-11-12-18(19-2)15-17-13-14-20-16-17/h13-14,16,18-19H,3-12,15H2,1-2H3. The molecule has 1 aromatic rings. The molecular weight excluding hydrogens is 262 g/mol. The number of rotatable bonds is 13. The molecule has 1 nitrogen and oxygen atoms in total. The third-order valence-corrected chi connectivity index (χ3v) is 4.86. The Morgan fingerprint density at radius 3 is 2.20 bits per heavy atom. The quantitative estimate of drug-likeness (QED) is 0.453. The van der Waals surface area contributed by atoms with E-state index in [1.165, 1.54) is 76.2 Å². The molecule has 0 fully saturated rings. The summed E-state index contributed by atoms with van der Waals surface area (Å²) in [6.45, 7) is 2.29. The van der Waals surface area contributed by atoms with Gasteiger partial charge in [-0.1, -0.05) is 64.7 Å². The van der Waals surface area contributed by atoms with Crippen LogP contribution in [0.5, 0.6) is 0 Å². The van der Waals surface area contributed by atoms with E-state index < -0.39 is 0 Å². The van der Waals surface area contributed by atoms with Crippen molar-refractivity contribution < 1.29 is 0 Å². The molecule has 0 spiro atoms. The maximum atomic E-state index is 3.47. The number of thiophene rings is 1. The van der Waals surface area contributed by atoms with Crippen molar-refractivity contribution in [3.8, 4) is 0 Å². The minimum atomic E-state index is 0.661. The van der Waals surface area contributed by atoms with Crippen LogP contribution in [0.25, 0.3) is 0 Å². The highest BCUT2D eigenvalue weighted by atomic mass is 32.1. The molecule has 20 heavy (non-hydrogen) atoms. The lowest BCUT2D eigenvalue weighted by Gasteiger charge is -2.15. The van der Waals surface area contributed by atoms with Crippen molar-refractivity contribution in [2.24, 2.45) is 0 Å². The van der Waals surface area contributed by atoms with E-state index in [0.29, 0.717) is 6.04 Å². The zero-order valence-electron chi connectivity index (χ0n) is 13.5. The van der Waals surface area contributed by atoms with Gasteiger partial charge in [-0.15, -0.1) is 0 Å². The van der Waals surface area contributed by atoms with Crippen molar-refractivity contribution in [1.82, 2.24) is 5.32 Å². The molecule has 0 aliphatic carbocycles. The van der Waals surface area contributed by atoms with E-state index in [2.05, 4.69) is 36.1 Å². The zero-order valence-corrected chi connectivity index (χ0v) is 14.3. The minimum Gasteiger partial charge on any atom is -0.317 e. The van der Waals surface area contributed by atoms with Gasteiger partial charge in [-0.25, -0.2) is 0 Å². The van der Waals surface area contributed by atoms with Crippen LogP contribution in [0.3, 0.4) is 0 Å². The van der Waals surface area contributed by atoms with E-state index in [-0.39, 0.29) is 0 Å². The molecule has 0 aromatic carbocycles. The molecule has 1 rings (SSSR count). The highest BCUT2D eigenvalue weighted by Gasteiger charge is 2.07. The Morgan fingerprint density at radius 2 is 1.65 bits per heavy atom. The third-order valence-electron chi connectivity index (χ3n) is 4.13. The van der Waals surface area contributed by atoms with Crippen molar-refractivity contribution in [2.75, 3.05) is 7.05 Å². The van der Waals surface area contributed by atoms with Crippen LogP contribution in [0.4, 0.5) is 0 Å². The summed E-state index contributed by atoms with van der Waals surface area (Å²) < 4.78 is 0. The summed E-state index contributed by atoms with van der Waals surface area (Å²) in [5.41, 5.74) is 1.49. The van der Waals surface area contributed by atoms with E-state index >= 15 is 0 Å². The first kappa shape index (κ1) is 17.7. The Labute approximate surface area is 130 Å². The van der Waals surface area contributed by atoms with Crippen LogP contribution in [0, 0.1) is 0 Å². The van der Waals surface area contributed by atoms with E-state index in [0.717, 1.165) is 0 Å². The summed E-state index contributed by atoms with van der Waals surface area (Å²) in [5, 5.41) is 7.93. The highest BCUT2D eigenvalue weighted by Crippen LogP contribution is 2.14. The summed E-state index contributed by atoms with van der Waals surface area (Å²) >= 11 is 1.81. The van der Waals surface area contributed by atoms with Gasteiger partial charge in [0.05, 0.1) is 0 Å². The molecule has 1 aromatic heterocycles. The van der Waals surface area contributed by atoms with Gasteiger partial charge in [0.15, 0.2) is 0 Å². The fraction of sp³-hybridized carbons (Fsp3) is 0.778. The van der Waals surface area contributed by atoms with Crippen molar-refractivity contribution in [1.29, 1.82) is 0 Å². The fourth-order valence-corrected chi connectivity index (χ4v) is 3.42. The third kappa shape index (κ3) is 8.76. The molecule has 0 aliphatic rings. The molecule has 2 heteroatoms. The molecule has 0 saturated heterocycles. The van der Waals surface area contributed by atoms with Gasteiger partial charge in [0.2, 0.25) is 0 Å². The van der Waals surface area contributed by atoms with E-state index in [4.69, 9.17) is 0 Å². The normalized spacial score (nSPS) is 12.7. The highest BCUT2D eigenvalue weighted by molar-refractivity contribution is 7.07. The van der Waals surface area contributed by atoms with Crippen LogP contribution in [-0.2, 0) is 6.42 Å². The monoisotopic (exact) mass is 295 g/mol. The van der Waals surface area contributed by atoms with Crippen LogP contribution >= 0.6 is 11.3 Å². The predicted molar refractivity (Wildman–Crippen MR) is 92.7 cm³/mol.